The number of nitrogens with zero attached hydrogens (tertiary/aromatic N) is 1. The van der Waals surface area contributed by atoms with Gasteiger partial charge in [0.1, 0.15) is 5.75 Å². The zero-order valence-corrected chi connectivity index (χ0v) is 17.5. The van der Waals surface area contributed by atoms with Crippen LogP contribution in [0.5, 0.6) is 5.75 Å². The molecule has 0 aliphatic rings. The summed E-state index contributed by atoms with van der Waals surface area (Å²) in [6.07, 6.45) is 1.32. The predicted octanol–water partition coefficient (Wildman–Crippen LogP) is 2.76. The molecule has 0 saturated heterocycles. The third kappa shape index (κ3) is 5.81. The number of methoxy groups -OCH3 is 1. The molecule has 2 rings (SSSR count). The molecule has 7 heteroatoms. The van der Waals surface area contributed by atoms with Gasteiger partial charge in [-0.3, -0.25) is 4.79 Å². The summed E-state index contributed by atoms with van der Waals surface area (Å²) in [6, 6.07) is 14.3. The number of benzene rings is 2. The average molecular weight is 405 g/mol. The number of nitrogens with one attached hydrogen (secondary N) is 1. The minimum atomic E-state index is -3.82. The summed E-state index contributed by atoms with van der Waals surface area (Å²) in [5.41, 5.74) is 1.74. The SMILES string of the molecule is CCCNC(=O)CN(CCc1ccccc1)S(=O)(=O)c1ccc(OC)c(C)c1. The van der Waals surface area contributed by atoms with Gasteiger partial charge in [-0.2, -0.15) is 4.31 Å². The van der Waals surface area contributed by atoms with Crippen LogP contribution in [0.2, 0.25) is 0 Å². The first-order chi connectivity index (χ1) is 13.4. The average Bonchev–Trinajstić information content (AvgIpc) is 2.70. The van der Waals surface area contributed by atoms with Crippen molar-refractivity contribution in [2.45, 2.75) is 31.6 Å². The number of sulfonamides is 1. The highest BCUT2D eigenvalue weighted by atomic mass is 32.2. The molecule has 0 saturated carbocycles. The van der Waals surface area contributed by atoms with Gasteiger partial charge in [0.2, 0.25) is 15.9 Å². The quantitative estimate of drug-likeness (QED) is 0.661. The highest BCUT2D eigenvalue weighted by molar-refractivity contribution is 7.89. The van der Waals surface area contributed by atoms with Gasteiger partial charge in [0.05, 0.1) is 18.6 Å². The maximum atomic E-state index is 13.2. The number of rotatable bonds is 10. The second-order valence-electron chi connectivity index (χ2n) is 6.56. The molecule has 1 N–H and O–H groups in total. The van der Waals surface area contributed by atoms with E-state index in [2.05, 4.69) is 5.32 Å². The second-order valence-corrected chi connectivity index (χ2v) is 8.49. The third-order valence-corrected chi connectivity index (χ3v) is 6.23. The minimum absolute atomic E-state index is 0.155. The summed E-state index contributed by atoms with van der Waals surface area (Å²) < 4.78 is 32.9. The smallest absolute Gasteiger partial charge is 0.243 e. The molecule has 2 aromatic rings. The van der Waals surface area contributed by atoms with Crippen molar-refractivity contribution in [3.63, 3.8) is 0 Å². The molecular formula is C21H28N2O4S. The molecule has 0 unspecified atom stereocenters. The lowest BCUT2D eigenvalue weighted by Gasteiger charge is -2.22. The van der Waals surface area contributed by atoms with Crippen LogP contribution in [0.4, 0.5) is 0 Å². The van der Waals surface area contributed by atoms with Crippen molar-refractivity contribution >= 4 is 15.9 Å². The normalized spacial score (nSPS) is 11.4. The van der Waals surface area contributed by atoms with E-state index in [-0.39, 0.29) is 23.9 Å². The minimum Gasteiger partial charge on any atom is -0.496 e. The number of aryl methyl sites for hydroxylation is 1. The summed E-state index contributed by atoms with van der Waals surface area (Å²) in [5, 5.41) is 2.75. The molecule has 0 spiro atoms. The van der Waals surface area contributed by atoms with Crippen molar-refractivity contribution in [2.24, 2.45) is 0 Å². The third-order valence-electron chi connectivity index (χ3n) is 4.39. The first-order valence-electron chi connectivity index (χ1n) is 9.34. The van der Waals surface area contributed by atoms with Gasteiger partial charge in [-0.15, -0.1) is 0 Å². The lowest BCUT2D eigenvalue weighted by molar-refractivity contribution is -0.121. The fourth-order valence-corrected chi connectivity index (χ4v) is 4.31. The van der Waals surface area contributed by atoms with Crippen molar-refractivity contribution in [3.05, 3.63) is 59.7 Å². The van der Waals surface area contributed by atoms with Crippen LogP contribution in [0.1, 0.15) is 24.5 Å². The molecule has 28 heavy (non-hydrogen) atoms. The molecule has 152 valence electrons. The van der Waals surface area contributed by atoms with Crippen LogP contribution in [0, 0.1) is 6.92 Å². The number of amides is 1. The van der Waals surface area contributed by atoms with E-state index < -0.39 is 10.0 Å². The molecule has 2 aromatic carbocycles. The fraction of sp³-hybridized carbons (Fsp3) is 0.381. The Balaban J connectivity index is 2.26. The highest BCUT2D eigenvalue weighted by Crippen LogP contribution is 2.24. The lowest BCUT2D eigenvalue weighted by atomic mass is 10.1. The van der Waals surface area contributed by atoms with Gasteiger partial charge < -0.3 is 10.1 Å². The van der Waals surface area contributed by atoms with Crippen molar-refractivity contribution in [1.29, 1.82) is 0 Å². The van der Waals surface area contributed by atoms with E-state index in [4.69, 9.17) is 4.74 Å². The number of carbonyl (C=O) groups is 1. The van der Waals surface area contributed by atoms with E-state index >= 15 is 0 Å². The van der Waals surface area contributed by atoms with E-state index in [9.17, 15) is 13.2 Å². The molecule has 6 nitrogen and oxygen atoms in total. The second kappa shape index (κ2) is 10.2. The monoisotopic (exact) mass is 404 g/mol. The Hall–Kier alpha value is -2.38. The topological polar surface area (TPSA) is 75.7 Å². The van der Waals surface area contributed by atoms with Gasteiger partial charge in [0, 0.05) is 13.1 Å². The van der Waals surface area contributed by atoms with Crippen molar-refractivity contribution in [3.8, 4) is 5.75 Å². The fourth-order valence-electron chi connectivity index (χ4n) is 2.82. The molecule has 0 aromatic heterocycles. The van der Waals surface area contributed by atoms with Crippen LogP contribution in [-0.2, 0) is 21.2 Å². The van der Waals surface area contributed by atoms with Crippen LogP contribution in [-0.4, -0.2) is 45.4 Å². The molecule has 0 aliphatic carbocycles. The number of ether oxygens (including phenoxy) is 1. The van der Waals surface area contributed by atoms with E-state index in [0.29, 0.717) is 18.7 Å². The van der Waals surface area contributed by atoms with E-state index in [1.54, 1.807) is 26.2 Å². The highest BCUT2D eigenvalue weighted by Gasteiger charge is 2.27. The predicted molar refractivity (Wildman–Crippen MR) is 110 cm³/mol. The Labute approximate surface area is 167 Å². The summed E-state index contributed by atoms with van der Waals surface area (Å²) in [7, 11) is -2.28. The molecule has 0 heterocycles. The Morgan fingerprint density at radius 1 is 1.14 bits per heavy atom. The van der Waals surface area contributed by atoms with Gasteiger partial charge >= 0.3 is 0 Å². The van der Waals surface area contributed by atoms with Gasteiger partial charge in [-0.25, -0.2) is 8.42 Å². The summed E-state index contributed by atoms with van der Waals surface area (Å²) in [5.74, 6) is 0.319. The summed E-state index contributed by atoms with van der Waals surface area (Å²) in [4.78, 5) is 12.4. The largest absolute Gasteiger partial charge is 0.496 e. The van der Waals surface area contributed by atoms with Gasteiger partial charge in [-0.1, -0.05) is 37.3 Å². The summed E-state index contributed by atoms with van der Waals surface area (Å²) in [6.45, 7) is 4.27. The number of hydrogen-bond donors (Lipinski definition) is 1. The zero-order chi connectivity index (χ0) is 20.6. The Morgan fingerprint density at radius 2 is 1.86 bits per heavy atom. The molecule has 0 radical (unpaired) electrons. The van der Waals surface area contributed by atoms with Crippen molar-refractivity contribution in [2.75, 3.05) is 26.7 Å². The molecular weight excluding hydrogens is 376 g/mol. The van der Waals surface area contributed by atoms with E-state index in [0.717, 1.165) is 17.5 Å². The van der Waals surface area contributed by atoms with Crippen molar-refractivity contribution < 1.29 is 17.9 Å². The Kier molecular flexibility index (Phi) is 8.02. The van der Waals surface area contributed by atoms with Crippen LogP contribution < -0.4 is 10.1 Å². The number of hydrogen-bond acceptors (Lipinski definition) is 4. The van der Waals surface area contributed by atoms with Gasteiger partial charge in [-0.05, 0) is 49.1 Å². The first kappa shape index (κ1) is 21.9. The molecule has 0 bridgehead atoms. The van der Waals surface area contributed by atoms with Crippen molar-refractivity contribution in [1.82, 2.24) is 9.62 Å². The van der Waals surface area contributed by atoms with Crippen LogP contribution >= 0.6 is 0 Å². The first-order valence-corrected chi connectivity index (χ1v) is 10.8. The van der Waals surface area contributed by atoms with Crippen LogP contribution in [0.25, 0.3) is 0 Å². The maximum Gasteiger partial charge on any atom is 0.243 e. The zero-order valence-electron chi connectivity index (χ0n) is 16.6. The van der Waals surface area contributed by atoms with Gasteiger partial charge in [0.25, 0.3) is 0 Å². The summed E-state index contributed by atoms with van der Waals surface area (Å²) >= 11 is 0. The van der Waals surface area contributed by atoms with E-state index in [1.165, 1.54) is 10.4 Å². The van der Waals surface area contributed by atoms with E-state index in [1.807, 2.05) is 37.3 Å². The van der Waals surface area contributed by atoms with Crippen LogP contribution in [0.15, 0.2) is 53.4 Å². The molecule has 1 amide bonds. The Bertz CT molecular complexity index is 883. The molecule has 0 aliphatic heterocycles. The molecule has 0 fully saturated rings. The lowest BCUT2D eigenvalue weighted by Crippen LogP contribution is -2.41. The van der Waals surface area contributed by atoms with Crippen LogP contribution in [0.3, 0.4) is 0 Å². The Morgan fingerprint density at radius 3 is 2.46 bits per heavy atom. The number of carbonyl (C=O) groups excluding carboxylic acids is 1. The standard InChI is InChI=1S/C21H28N2O4S/c1-4-13-22-21(24)16-23(14-12-18-8-6-5-7-9-18)28(25,26)19-10-11-20(27-3)17(2)15-19/h5-11,15H,4,12-14,16H2,1-3H3,(H,22,24). The van der Waals surface area contributed by atoms with Gasteiger partial charge in [0.15, 0.2) is 0 Å². The maximum absolute atomic E-state index is 13.2. The molecule has 0 atom stereocenters.